The highest BCUT2D eigenvalue weighted by molar-refractivity contribution is 6.30. The first kappa shape index (κ1) is 16.7. The van der Waals surface area contributed by atoms with Crippen molar-refractivity contribution in [2.45, 2.75) is 25.8 Å². The number of unbranched alkanes of at least 4 members (excludes halogenated alkanes) is 1. The van der Waals surface area contributed by atoms with Crippen molar-refractivity contribution in [3.63, 3.8) is 0 Å². The van der Waals surface area contributed by atoms with Crippen molar-refractivity contribution in [2.75, 3.05) is 18.1 Å². The van der Waals surface area contributed by atoms with E-state index in [1.54, 1.807) is 17.0 Å². The number of nitrogens with one attached hydrogen (secondary N) is 1. The van der Waals surface area contributed by atoms with E-state index in [9.17, 15) is 4.79 Å². The molecular weight excluding hydrogens is 324 g/mol. The summed E-state index contributed by atoms with van der Waals surface area (Å²) in [5, 5.41) is 3.57. The van der Waals surface area contributed by atoms with Gasteiger partial charge in [0.15, 0.2) is 0 Å². The molecule has 0 saturated carbocycles. The second-order valence-corrected chi connectivity index (χ2v) is 6.26. The van der Waals surface area contributed by atoms with Gasteiger partial charge in [-0.25, -0.2) is 4.79 Å². The first-order chi connectivity index (χ1) is 11.7. The van der Waals surface area contributed by atoms with Crippen LogP contribution in [0.25, 0.3) is 0 Å². The predicted octanol–water partition coefficient (Wildman–Crippen LogP) is 4.79. The average Bonchev–Trinajstić information content (AvgIpc) is 2.98. The van der Waals surface area contributed by atoms with Crippen LogP contribution >= 0.6 is 11.6 Å². The van der Waals surface area contributed by atoms with Gasteiger partial charge < -0.3 is 10.1 Å². The summed E-state index contributed by atoms with van der Waals surface area (Å²) in [5.41, 5.74) is 1.88. The van der Waals surface area contributed by atoms with Crippen LogP contribution in [0.3, 0.4) is 0 Å². The Hall–Kier alpha value is -2.20. The quantitative estimate of drug-likeness (QED) is 0.765. The van der Waals surface area contributed by atoms with E-state index in [0.717, 1.165) is 29.8 Å². The lowest BCUT2D eigenvalue weighted by molar-refractivity contribution is 0.251. The molecule has 2 aromatic carbocycles. The van der Waals surface area contributed by atoms with Gasteiger partial charge >= 0.3 is 6.03 Å². The van der Waals surface area contributed by atoms with Gasteiger partial charge in [0.2, 0.25) is 0 Å². The number of amides is 2. The number of halogens is 1. The highest BCUT2D eigenvalue weighted by Crippen LogP contribution is 2.32. The second kappa shape index (κ2) is 7.58. The maximum atomic E-state index is 12.3. The molecule has 1 aliphatic rings. The molecule has 1 heterocycles. The molecule has 3 rings (SSSR count). The molecule has 2 aromatic rings. The van der Waals surface area contributed by atoms with Crippen molar-refractivity contribution in [1.82, 2.24) is 5.32 Å². The first-order valence-corrected chi connectivity index (χ1v) is 8.62. The molecule has 5 heteroatoms. The number of carbonyl (C=O) groups excluding carboxylic acids is 1. The molecule has 0 aliphatic carbocycles. The standard InChI is InChI=1S/C19H21ClN2O2/c1-2-3-11-24-17-6-4-5-14(12-17)18-13-21-19(23)22(18)16-9-7-15(20)8-10-16/h4-10,12,18H,2-3,11,13H2,1H3,(H,21,23). The number of carbonyl (C=O) groups is 1. The largest absolute Gasteiger partial charge is 0.494 e. The van der Waals surface area contributed by atoms with Crippen molar-refractivity contribution in [3.05, 3.63) is 59.1 Å². The summed E-state index contributed by atoms with van der Waals surface area (Å²) >= 11 is 5.95. The van der Waals surface area contributed by atoms with Gasteiger partial charge in [-0.1, -0.05) is 37.1 Å². The molecule has 1 aliphatic heterocycles. The van der Waals surface area contributed by atoms with Gasteiger partial charge in [-0.15, -0.1) is 0 Å². The fourth-order valence-corrected chi connectivity index (χ4v) is 2.94. The van der Waals surface area contributed by atoms with Crippen molar-refractivity contribution in [3.8, 4) is 5.75 Å². The monoisotopic (exact) mass is 344 g/mol. The Morgan fingerprint density at radius 1 is 1.25 bits per heavy atom. The number of hydrogen-bond donors (Lipinski definition) is 1. The number of urea groups is 1. The maximum Gasteiger partial charge on any atom is 0.322 e. The summed E-state index contributed by atoms with van der Waals surface area (Å²) in [6.07, 6.45) is 2.13. The fourth-order valence-electron chi connectivity index (χ4n) is 2.81. The number of benzene rings is 2. The third-order valence-electron chi connectivity index (χ3n) is 4.09. The van der Waals surface area contributed by atoms with Gasteiger partial charge in [0.25, 0.3) is 0 Å². The van der Waals surface area contributed by atoms with E-state index in [1.807, 2.05) is 36.4 Å². The van der Waals surface area contributed by atoms with E-state index in [2.05, 4.69) is 12.2 Å². The van der Waals surface area contributed by atoms with Crippen LogP contribution in [0.2, 0.25) is 5.02 Å². The Balaban J connectivity index is 1.83. The van der Waals surface area contributed by atoms with Gasteiger partial charge in [-0.05, 0) is 48.4 Å². The zero-order chi connectivity index (χ0) is 16.9. The lowest BCUT2D eigenvalue weighted by Gasteiger charge is -2.24. The Morgan fingerprint density at radius 2 is 2.04 bits per heavy atom. The van der Waals surface area contributed by atoms with Crippen LogP contribution in [0.4, 0.5) is 10.5 Å². The normalized spacial score (nSPS) is 17.0. The van der Waals surface area contributed by atoms with Crippen molar-refractivity contribution in [2.24, 2.45) is 0 Å². The molecule has 2 amide bonds. The Labute approximate surface area is 147 Å². The Kier molecular flexibility index (Phi) is 5.26. The minimum absolute atomic E-state index is 0.0617. The highest BCUT2D eigenvalue weighted by atomic mass is 35.5. The predicted molar refractivity (Wildman–Crippen MR) is 96.9 cm³/mol. The Morgan fingerprint density at radius 3 is 2.79 bits per heavy atom. The number of hydrogen-bond acceptors (Lipinski definition) is 2. The van der Waals surface area contributed by atoms with E-state index in [-0.39, 0.29) is 12.1 Å². The van der Waals surface area contributed by atoms with Crippen LogP contribution in [0.5, 0.6) is 5.75 Å². The van der Waals surface area contributed by atoms with Gasteiger partial charge in [0.1, 0.15) is 5.75 Å². The highest BCUT2D eigenvalue weighted by Gasteiger charge is 2.33. The topological polar surface area (TPSA) is 41.6 Å². The maximum absolute atomic E-state index is 12.3. The summed E-state index contributed by atoms with van der Waals surface area (Å²) < 4.78 is 5.79. The molecule has 0 bridgehead atoms. The smallest absolute Gasteiger partial charge is 0.322 e. The van der Waals surface area contributed by atoms with Crippen LogP contribution < -0.4 is 15.0 Å². The molecule has 1 atom stereocenters. The zero-order valence-electron chi connectivity index (χ0n) is 13.7. The summed E-state index contributed by atoms with van der Waals surface area (Å²) in [6.45, 7) is 3.42. The van der Waals surface area contributed by atoms with Gasteiger partial charge in [0, 0.05) is 17.3 Å². The molecule has 0 radical (unpaired) electrons. The van der Waals surface area contributed by atoms with Crippen LogP contribution in [-0.4, -0.2) is 19.2 Å². The molecule has 0 aromatic heterocycles. The minimum Gasteiger partial charge on any atom is -0.494 e. The molecule has 1 saturated heterocycles. The van der Waals surface area contributed by atoms with E-state index >= 15 is 0 Å². The summed E-state index contributed by atoms with van der Waals surface area (Å²) in [4.78, 5) is 14.1. The van der Waals surface area contributed by atoms with Gasteiger partial charge in [-0.3, -0.25) is 4.90 Å². The van der Waals surface area contributed by atoms with Crippen molar-refractivity contribution in [1.29, 1.82) is 0 Å². The van der Waals surface area contributed by atoms with E-state index < -0.39 is 0 Å². The summed E-state index contributed by atoms with van der Waals surface area (Å²) in [6, 6.07) is 15.1. The summed E-state index contributed by atoms with van der Waals surface area (Å²) in [7, 11) is 0. The van der Waals surface area contributed by atoms with Crippen LogP contribution in [-0.2, 0) is 0 Å². The molecule has 24 heavy (non-hydrogen) atoms. The number of rotatable bonds is 6. The molecule has 4 nitrogen and oxygen atoms in total. The van der Waals surface area contributed by atoms with Crippen LogP contribution in [0.1, 0.15) is 31.4 Å². The van der Waals surface area contributed by atoms with Crippen molar-refractivity contribution < 1.29 is 9.53 Å². The molecule has 1 unspecified atom stereocenters. The lowest BCUT2D eigenvalue weighted by atomic mass is 10.1. The third kappa shape index (κ3) is 3.65. The number of anilines is 1. The Bertz CT molecular complexity index is 703. The molecule has 126 valence electrons. The SMILES string of the molecule is CCCCOc1cccc(C2CNC(=O)N2c2ccc(Cl)cc2)c1. The van der Waals surface area contributed by atoms with Crippen LogP contribution in [0, 0.1) is 0 Å². The molecular formula is C19H21ClN2O2. The third-order valence-corrected chi connectivity index (χ3v) is 4.34. The number of ether oxygens (including phenoxy) is 1. The fraction of sp³-hybridized carbons (Fsp3) is 0.316. The van der Waals surface area contributed by atoms with Crippen molar-refractivity contribution >= 4 is 23.3 Å². The zero-order valence-corrected chi connectivity index (χ0v) is 14.4. The molecule has 1 N–H and O–H groups in total. The van der Waals surface area contributed by atoms with E-state index in [4.69, 9.17) is 16.3 Å². The first-order valence-electron chi connectivity index (χ1n) is 8.24. The van der Waals surface area contributed by atoms with E-state index in [1.165, 1.54) is 0 Å². The average molecular weight is 345 g/mol. The lowest BCUT2D eigenvalue weighted by Crippen LogP contribution is -2.29. The van der Waals surface area contributed by atoms with E-state index in [0.29, 0.717) is 18.2 Å². The van der Waals surface area contributed by atoms with Gasteiger partial charge in [0.05, 0.1) is 12.6 Å². The molecule has 0 spiro atoms. The van der Waals surface area contributed by atoms with Gasteiger partial charge in [-0.2, -0.15) is 0 Å². The summed E-state index contributed by atoms with van der Waals surface area (Å²) in [5.74, 6) is 0.844. The number of nitrogens with zero attached hydrogens (tertiary/aromatic N) is 1. The second-order valence-electron chi connectivity index (χ2n) is 5.82. The minimum atomic E-state index is -0.0976. The molecule has 1 fully saturated rings. The van der Waals surface area contributed by atoms with Crippen LogP contribution in [0.15, 0.2) is 48.5 Å².